The van der Waals surface area contributed by atoms with E-state index in [1.165, 1.54) is 23.4 Å². The third kappa shape index (κ3) is 1.94. The van der Waals surface area contributed by atoms with Crippen molar-refractivity contribution in [1.29, 1.82) is 0 Å². The number of nitrogens with zero attached hydrogens (tertiary/aromatic N) is 1. The lowest BCUT2D eigenvalue weighted by atomic mass is 10.1. The molecular formula is C13H20N2. The Morgan fingerprint density at radius 1 is 1.47 bits per heavy atom. The molecule has 2 rings (SSSR count). The fourth-order valence-electron chi connectivity index (χ4n) is 2.32. The van der Waals surface area contributed by atoms with Crippen LogP contribution in [0.15, 0.2) is 18.2 Å². The van der Waals surface area contributed by atoms with Crippen LogP contribution in [0.4, 0.5) is 11.4 Å². The largest absolute Gasteiger partial charge is 0.383 e. The number of hydrogen-bond acceptors (Lipinski definition) is 2. The van der Waals surface area contributed by atoms with Crippen LogP contribution in [-0.4, -0.2) is 19.1 Å². The molecule has 1 N–H and O–H groups in total. The van der Waals surface area contributed by atoms with Gasteiger partial charge in [0.15, 0.2) is 0 Å². The predicted molar refractivity (Wildman–Crippen MR) is 66.8 cm³/mol. The Balaban J connectivity index is 2.44. The minimum Gasteiger partial charge on any atom is -0.383 e. The summed E-state index contributed by atoms with van der Waals surface area (Å²) in [6, 6.07) is 7.29. The molecular weight excluding hydrogens is 184 g/mol. The van der Waals surface area contributed by atoms with Crippen LogP contribution in [0.3, 0.4) is 0 Å². The van der Waals surface area contributed by atoms with Crippen molar-refractivity contribution in [2.45, 2.75) is 33.2 Å². The molecule has 1 heterocycles. The minimum absolute atomic E-state index is 0.630. The summed E-state index contributed by atoms with van der Waals surface area (Å²) >= 11 is 0. The summed E-state index contributed by atoms with van der Waals surface area (Å²) in [5.74, 6) is 0. The van der Waals surface area contributed by atoms with Gasteiger partial charge in [-0.05, 0) is 44.9 Å². The highest BCUT2D eigenvalue weighted by atomic mass is 15.2. The first kappa shape index (κ1) is 10.3. The fourth-order valence-corrected chi connectivity index (χ4v) is 2.32. The van der Waals surface area contributed by atoms with Crippen LogP contribution in [0.2, 0.25) is 0 Å². The average molecular weight is 204 g/mol. The Kier molecular flexibility index (Phi) is 2.85. The van der Waals surface area contributed by atoms with Crippen molar-refractivity contribution >= 4 is 11.4 Å². The first-order valence-electron chi connectivity index (χ1n) is 5.83. The molecule has 82 valence electrons. The van der Waals surface area contributed by atoms with Crippen LogP contribution in [0.25, 0.3) is 0 Å². The van der Waals surface area contributed by atoms with E-state index < -0.39 is 0 Å². The summed E-state index contributed by atoms with van der Waals surface area (Å²) in [4.78, 5) is 2.49. The molecule has 0 amide bonds. The van der Waals surface area contributed by atoms with E-state index in [4.69, 9.17) is 0 Å². The first-order chi connectivity index (χ1) is 7.22. The molecule has 2 nitrogen and oxygen atoms in total. The molecule has 15 heavy (non-hydrogen) atoms. The van der Waals surface area contributed by atoms with E-state index in [1.54, 1.807) is 0 Å². The number of nitrogens with one attached hydrogen (secondary N) is 1. The summed E-state index contributed by atoms with van der Waals surface area (Å²) in [6.07, 6.45) is 1.21. The van der Waals surface area contributed by atoms with Crippen LogP contribution >= 0.6 is 0 Å². The molecule has 0 aromatic heterocycles. The van der Waals surface area contributed by atoms with Crippen LogP contribution in [0.1, 0.15) is 25.8 Å². The zero-order valence-corrected chi connectivity index (χ0v) is 9.88. The van der Waals surface area contributed by atoms with E-state index in [0.29, 0.717) is 6.04 Å². The molecule has 0 aliphatic carbocycles. The van der Waals surface area contributed by atoms with Gasteiger partial charge in [-0.2, -0.15) is 0 Å². The maximum absolute atomic E-state index is 3.51. The Morgan fingerprint density at radius 3 is 3.00 bits per heavy atom. The summed E-state index contributed by atoms with van der Waals surface area (Å²) in [5, 5.41) is 3.51. The average Bonchev–Trinajstić information content (AvgIpc) is 2.36. The number of benzene rings is 1. The second-order valence-corrected chi connectivity index (χ2v) is 4.37. The van der Waals surface area contributed by atoms with Gasteiger partial charge in [-0.3, -0.25) is 0 Å². The molecule has 2 heteroatoms. The number of rotatable bonds is 1. The highest BCUT2D eigenvalue weighted by Crippen LogP contribution is 2.31. The zero-order chi connectivity index (χ0) is 10.8. The molecule has 0 radical (unpaired) electrons. The van der Waals surface area contributed by atoms with Gasteiger partial charge in [0.05, 0.1) is 11.4 Å². The van der Waals surface area contributed by atoms with Crippen molar-refractivity contribution in [1.82, 2.24) is 0 Å². The van der Waals surface area contributed by atoms with E-state index in [0.717, 1.165) is 13.1 Å². The Hall–Kier alpha value is -1.18. The Bertz CT molecular complexity index is 346. The van der Waals surface area contributed by atoms with Gasteiger partial charge in [0.25, 0.3) is 0 Å². The number of fused-ring (bicyclic) bond motifs is 1. The van der Waals surface area contributed by atoms with Gasteiger partial charge in [-0.1, -0.05) is 6.07 Å². The number of anilines is 2. The summed E-state index contributed by atoms with van der Waals surface area (Å²) < 4.78 is 0. The van der Waals surface area contributed by atoms with E-state index >= 15 is 0 Å². The summed E-state index contributed by atoms with van der Waals surface area (Å²) in [5.41, 5.74) is 3.98. The Labute approximate surface area is 92.3 Å². The van der Waals surface area contributed by atoms with Crippen LogP contribution < -0.4 is 10.2 Å². The van der Waals surface area contributed by atoms with Gasteiger partial charge in [0.2, 0.25) is 0 Å². The monoisotopic (exact) mass is 204 g/mol. The van der Waals surface area contributed by atoms with E-state index in [2.05, 4.69) is 49.2 Å². The lowest BCUT2D eigenvalue weighted by molar-refractivity contribution is 0.626. The van der Waals surface area contributed by atoms with Gasteiger partial charge >= 0.3 is 0 Å². The fraction of sp³-hybridized carbons (Fsp3) is 0.538. The third-order valence-corrected chi connectivity index (χ3v) is 3.21. The molecule has 1 aliphatic rings. The first-order valence-corrected chi connectivity index (χ1v) is 5.83. The number of hydrogen-bond donors (Lipinski definition) is 1. The van der Waals surface area contributed by atoms with Gasteiger partial charge in [0, 0.05) is 19.1 Å². The highest BCUT2D eigenvalue weighted by Gasteiger charge is 2.19. The van der Waals surface area contributed by atoms with Crippen molar-refractivity contribution in [2.75, 3.05) is 23.3 Å². The summed E-state index contributed by atoms with van der Waals surface area (Å²) in [6.45, 7) is 8.85. The molecule has 0 bridgehead atoms. The SMILES string of the molecule is CCN1c2cc(C)ccc2NCCC1C. The maximum atomic E-state index is 3.51. The maximum Gasteiger partial charge on any atom is 0.0606 e. The lowest BCUT2D eigenvalue weighted by Crippen LogP contribution is -2.32. The van der Waals surface area contributed by atoms with Gasteiger partial charge in [-0.25, -0.2) is 0 Å². The molecule has 1 unspecified atom stereocenters. The smallest absolute Gasteiger partial charge is 0.0606 e. The molecule has 1 aromatic carbocycles. The van der Waals surface area contributed by atoms with Gasteiger partial charge in [0.1, 0.15) is 0 Å². The second-order valence-electron chi connectivity index (χ2n) is 4.37. The second kappa shape index (κ2) is 4.13. The van der Waals surface area contributed by atoms with Crippen LogP contribution in [-0.2, 0) is 0 Å². The molecule has 0 spiro atoms. The zero-order valence-electron chi connectivity index (χ0n) is 9.88. The predicted octanol–water partition coefficient (Wildman–Crippen LogP) is 3.03. The standard InChI is InChI=1S/C13H20N2/c1-4-15-11(3)7-8-14-12-6-5-10(2)9-13(12)15/h5-6,9,11,14H,4,7-8H2,1-3H3. The van der Waals surface area contributed by atoms with Crippen LogP contribution in [0.5, 0.6) is 0 Å². The number of aryl methyl sites for hydroxylation is 1. The van der Waals surface area contributed by atoms with Gasteiger partial charge in [-0.15, -0.1) is 0 Å². The van der Waals surface area contributed by atoms with Crippen molar-refractivity contribution in [3.8, 4) is 0 Å². The summed E-state index contributed by atoms with van der Waals surface area (Å²) in [7, 11) is 0. The van der Waals surface area contributed by atoms with Crippen molar-refractivity contribution in [2.24, 2.45) is 0 Å². The van der Waals surface area contributed by atoms with Crippen molar-refractivity contribution < 1.29 is 0 Å². The quantitative estimate of drug-likeness (QED) is 0.756. The highest BCUT2D eigenvalue weighted by molar-refractivity contribution is 5.72. The molecule has 1 aromatic rings. The molecule has 0 saturated carbocycles. The molecule has 1 atom stereocenters. The normalized spacial score (nSPS) is 20.5. The molecule has 0 fully saturated rings. The van der Waals surface area contributed by atoms with Crippen LogP contribution in [0, 0.1) is 6.92 Å². The van der Waals surface area contributed by atoms with Crippen molar-refractivity contribution in [3.63, 3.8) is 0 Å². The van der Waals surface area contributed by atoms with E-state index in [1.807, 2.05) is 0 Å². The van der Waals surface area contributed by atoms with E-state index in [-0.39, 0.29) is 0 Å². The third-order valence-electron chi connectivity index (χ3n) is 3.21. The van der Waals surface area contributed by atoms with E-state index in [9.17, 15) is 0 Å². The van der Waals surface area contributed by atoms with Crippen molar-refractivity contribution in [3.05, 3.63) is 23.8 Å². The minimum atomic E-state index is 0.630. The molecule has 1 aliphatic heterocycles. The topological polar surface area (TPSA) is 15.3 Å². The lowest BCUT2D eigenvalue weighted by Gasteiger charge is -2.29. The Morgan fingerprint density at radius 2 is 2.27 bits per heavy atom. The molecule has 0 saturated heterocycles. The van der Waals surface area contributed by atoms with Gasteiger partial charge < -0.3 is 10.2 Å².